The standard InChI is InChI=1S/C11H22N2O2S/c1-9(10-2-3-10)6-13-11(7-12)4-5-16(14,15)8-11/h9-10,13H,2-8,12H2,1H3. The van der Waals surface area contributed by atoms with Gasteiger partial charge in [0, 0.05) is 12.1 Å². The molecule has 1 saturated carbocycles. The van der Waals surface area contributed by atoms with Crippen molar-refractivity contribution in [3.05, 3.63) is 0 Å². The molecular weight excluding hydrogens is 224 g/mol. The molecule has 4 nitrogen and oxygen atoms in total. The normalized spacial score (nSPS) is 35.1. The first-order valence-electron chi connectivity index (χ1n) is 6.12. The van der Waals surface area contributed by atoms with Crippen LogP contribution in [0.2, 0.25) is 0 Å². The van der Waals surface area contributed by atoms with E-state index in [9.17, 15) is 8.42 Å². The average molecular weight is 246 g/mol. The fourth-order valence-electron chi connectivity index (χ4n) is 2.50. The molecule has 0 aromatic rings. The summed E-state index contributed by atoms with van der Waals surface area (Å²) in [6, 6.07) is 0. The molecule has 1 saturated heterocycles. The summed E-state index contributed by atoms with van der Waals surface area (Å²) >= 11 is 0. The molecule has 3 N–H and O–H groups in total. The topological polar surface area (TPSA) is 72.2 Å². The maximum atomic E-state index is 11.5. The summed E-state index contributed by atoms with van der Waals surface area (Å²) in [4.78, 5) is 0. The first-order chi connectivity index (χ1) is 7.46. The number of rotatable bonds is 5. The molecule has 2 fully saturated rings. The monoisotopic (exact) mass is 246 g/mol. The van der Waals surface area contributed by atoms with E-state index >= 15 is 0 Å². The molecule has 1 aliphatic carbocycles. The van der Waals surface area contributed by atoms with Gasteiger partial charge in [-0.05, 0) is 37.6 Å². The number of hydrogen-bond acceptors (Lipinski definition) is 4. The minimum atomic E-state index is -2.86. The molecule has 0 aromatic heterocycles. The summed E-state index contributed by atoms with van der Waals surface area (Å²) in [7, 11) is -2.86. The van der Waals surface area contributed by atoms with Crippen LogP contribution in [0, 0.1) is 11.8 Å². The first kappa shape index (κ1) is 12.3. The molecule has 2 aliphatic rings. The molecule has 94 valence electrons. The molecule has 16 heavy (non-hydrogen) atoms. The van der Waals surface area contributed by atoms with Crippen LogP contribution in [-0.4, -0.2) is 38.6 Å². The summed E-state index contributed by atoms with van der Waals surface area (Å²) in [6.45, 7) is 3.55. The van der Waals surface area contributed by atoms with E-state index in [1.165, 1.54) is 12.8 Å². The maximum absolute atomic E-state index is 11.5. The molecule has 2 rings (SSSR count). The number of sulfone groups is 1. The third-order valence-electron chi connectivity index (χ3n) is 4.00. The molecule has 0 radical (unpaired) electrons. The molecule has 2 atom stereocenters. The molecular formula is C11H22N2O2S. The van der Waals surface area contributed by atoms with Crippen LogP contribution in [0.5, 0.6) is 0 Å². The van der Waals surface area contributed by atoms with Crippen LogP contribution in [0.1, 0.15) is 26.2 Å². The predicted molar refractivity (Wildman–Crippen MR) is 64.9 cm³/mol. The lowest BCUT2D eigenvalue weighted by molar-refractivity contribution is 0.330. The van der Waals surface area contributed by atoms with Crippen LogP contribution in [0.25, 0.3) is 0 Å². The van der Waals surface area contributed by atoms with Gasteiger partial charge in [-0.2, -0.15) is 0 Å². The van der Waals surface area contributed by atoms with Crippen molar-refractivity contribution >= 4 is 9.84 Å². The van der Waals surface area contributed by atoms with Gasteiger partial charge in [0.15, 0.2) is 9.84 Å². The lowest BCUT2D eigenvalue weighted by Crippen LogP contribution is -2.53. The Morgan fingerprint density at radius 2 is 2.19 bits per heavy atom. The fourth-order valence-corrected chi connectivity index (χ4v) is 4.55. The van der Waals surface area contributed by atoms with Crippen LogP contribution >= 0.6 is 0 Å². The Kier molecular flexibility index (Phi) is 3.29. The van der Waals surface area contributed by atoms with E-state index in [1.54, 1.807) is 0 Å². The molecule has 5 heteroatoms. The maximum Gasteiger partial charge on any atom is 0.152 e. The second-order valence-electron chi connectivity index (χ2n) is 5.52. The van der Waals surface area contributed by atoms with E-state index in [1.807, 2.05) is 0 Å². The minimum absolute atomic E-state index is 0.216. The first-order valence-corrected chi connectivity index (χ1v) is 7.94. The van der Waals surface area contributed by atoms with Crippen LogP contribution in [0.15, 0.2) is 0 Å². The molecule has 0 spiro atoms. The molecule has 1 aliphatic heterocycles. The van der Waals surface area contributed by atoms with Crippen molar-refractivity contribution in [1.82, 2.24) is 5.32 Å². The van der Waals surface area contributed by atoms with Crippen molar-refractivity contribution in [3.63, 3.8) is 0 Å². The molecule has 0 bridgehead atoms. The Bertz CT molecular complexity index is 351. The zero-order valence-corrected chi connectivity index (χ0v) is 10.7. The lowest BCUT2D eigenvalue weighted by atomic mass is 9.97. The highest BCUT2D eigenvalue weighted by atomic mass is 32.2. The highest BCUT2D eigenvalue weighted by Gasteiger charge is 2.41. The van der Waals surface area contributed by atoms with Gasteiger partial charge in [0.1, 0.15) is 0 Å². The predicted octanol–water partition coefficient (Wildman–Crippen LogP) is 0.138. The highest BCUT2D eigenvalue weighted by molar-refractivity contribution is 7.91. The third-order valence-corrected chi connectivity index (χ3v) is 5.82. The Hall–Kier alpha value is -0.130. The lowest BCUT2D eigenvalue weighted by Gasteiger charge is -2.29. The van der Waals surface area contributed by atoms with E-state index in [0.717, 1.165) is 12.5 Å². The molecule has 1 heterocycles. The van der Waals surface area contributed by atoms with Gasteiger partial charge >= 0.3 is 0 Å². The Labute approximate surface area is 97.9 Å². The van der Waals surface area contributed by atoms with E-state index in [0.29, 0.717) is 18.9 Å². The summed E-state index contributed by atoms with van der Waals surface area (Å²) < 4.78 is 23.0. The Morgan fingerprint density at radius 1 is 1.50 bits per heavy atom. The summed E-state index contributed by atoms with van der Waals surface area (Å²) in [5.41, 5.74) is 5.40. The van der Waals surface area contributed by atoms with Gasteiger partial charge in [-0.15, -0.1) is 0 Å². The van der Waals surface area contributed by atoms with E-state index in [2.05, 4.69) is 12.2 Å². The summed E-state index contributed by atoms with van der Waals surface area (Å²) in [5.74, 6) is 2.00. The van der Waals surface area contributed by atoms with Crippen molar-refractivity contribution in [2.45, 2.75) is 31.7 Å². The zero-order chi connectivity index (χ0) is 11.8. The molecule has 0 amide bonds. The van der Waals surface area contributed by atoms with Crippen molar-refractivity contribution < 1.29 is 8.42 Å². The van der Waals surface area contributed by atoms with Crippen molar-refractivity contribution in [2.24, 2.45) is 17.6 Å². The van der Waals surface area contributed by atoms with Gasteiger partial charge in [-0.3, -0.25) is 0 Å². The SMILES string of the molecule is CC(CNC1(CN)CCS(=O)(=O)C1)C1CC1. The van der Waals surface area contributed by atoms with Gasteiger partial charge in [-0.1, -0.05) is 6.92 Å². The molecule has 0 aromatic carbocycles. The van der Waals surface area contributed by atoms with E-state index < -0.39 is 9.84 Å². The molecule has 2 unspecified atom stereocenters. The number of nitrogens with one attached hydrogen (secondary N) is 1. The van der Waals surface area contributed by atoms with Crippen molar-refractivity contribution in [2.75, 3.05) is 24.6 Å². The third kappa shape index (κ3) is 2.76. The van der Waals surface area contributed by atoms with Gasteiger partial charge in [0.25, 0.3) is 0 Å². The largest absolute Gasteiger partial charge is 0.329 e. The van der Waals surface area contributed by atoms with Crippen LogP contribution in [0.4, 0.5) is 0 Å². The highest BCUT2D eigenvalue weighted by Crippen LogP contribution is 2.36. The number of nitrogens with two attached hydrogens (primary N) is 1. The van der Waals surface area contributed by atoms with Crippen molar-refractivity contribution in [1.29, 1.82) is 0 Å². The fraction of sp³-hybridized carbons (Fsp3) is 1.00. The smallest absolute Gasteiger partial charge is 0.152 e. The van der Waals surface area contributed by atoms with Gasteiger partial charge in [0.05, 0.1) is 11.5 Å². The van der Waals surface area contributed by atoms with E-state index in [-0.39, 0.29) is 17.0 Å². The zero-order valence-electron chi connectivity index (χ0n) is 9.91. The Balaban J connectivity index is 1.90. The van der Waals surface area contributed by atoms with Gasteiger partial charge in [0.2, 0.25) is 0 Å². The quantitative estimate of drug-likeness (QED) is 0.724. The van der Waals surface area contributed by atoms with Crippen LogP contribution in [0.3, 0.4) is 0 Å². The minimum Gasteiger partial charge on any atom is -0.329 e. The van der Waals surface area contributed by atoms with Gasteiger partial charge in [-0.25, -0.2) is 8.42 Å². The second-order valence-corrected chi connectivity index (χ2v) is 7.71. The van der Waals surface area contributed by atoms with Crippen molar-refractivity contribution in [3.8, 4) is 0 Å². The summed E-state index contributed by atoms with van der Waals surface area (Å²) in [5, 5.41) is 3.42. The van der Waals surface area contributed by atoms with Gasteiger partial charge < -0.3 is 11.1 Å². The summed E-state index contributed by atoms with van der Waals surface area (Å²) in [6.07, 6.45) is 3.33. The Morgan fingerprint density at radius 3 is 2.62 bits per heavy atom. The number of hydrogen-bond donors (Lipinski definition) is 2. The van der Waals surface area contributed by atoms with Crippen LogP contribution in [-0.2, 0) is 9.84 Å². The second kappa shape index (κ2) is 4.27. The van der Waals surface area contributed by atoms with Crippen LogP contribution < -0.4 is 11.1 Å². The van der Waals surface area contributed by atoms with E-state index in [4.69, 9.17) is 5.73 Å². The average Bonchev–Trinajstić information content (AvgIpc) is 3.02.